The van der Waals surface area contributed by atoms with Crippen molar-refractivity contribution in [2.75, 3.05) is 13.7 Å². The number of hydrogen-bond donors (Lipinski definition) is 2. The van der Waals surface area contributed by atoms with Crippen molar-refractivity contribution < 1.29 is 48.0 Å². The van der Waals surface area contributed by atoms with Crippen LogP contribution in [0.15, 0.2) is 41.7 Å². The standard InChI is InChI=1S/C36H52O10Si/c1-10-47(11-2,12-3)46-25-18-26-35(20-43-26,45-22(5)37)29-31(44-32(40)23-16-14-13-15-17-23)36(41)19-24(38)21(4)27(33(36,6)7)28(42-9)30(39)34(25,29)8/h13-17,21,24-26,29,31,38,41H,10-12,18-20H2,1-9H3/t21?,24-,25-,26+,29-,31-,34+,35-,36+/m0/s1. The molecule has 2 N–H and O–H groups in total. The summed E-state index contributed by atoms with van der Waals surface area (Å²) in [6.07, 6.45) is -3.88. The highest BCUT2D eigenvalue weighted by Gasteiger charge is 2.78. The van der Waals surface area contributed by atoms with Crippen LogP contribution >= 0.6 is 0 Å². The molecule has 0 radical (unpaired) electrons. The number of hydrogen-bond acceptors (Lipinski definition) is 10. The van der Waals surface area contributed by atoms with Gasteiger partial charge in [0, 0.05) is 31.1 Å². The molecule has 1 heterocycles. The van der Waals surface area contributed by atoms with Crippen LogP contribution in [0.4, 0.5) is 0 Å². The molecule has 1 saturated heterocycles. The molecule has 1 unspecified atom stereocenters. The molecule has 3 aliphatic carbocycles. The summed E-state index contributed by atoms with van der Waals surface area (Å²) in [6, 6.07) is 10.9. The van der Waals surface area contributed by atoms with Crippen LogP contribution in [-0.2, 0) is 33.0 Å². The predicted molar refractivity (Wildman–Crippen MR) is 176 cm³/mol. The maximum atomic E-state index is 15.5. The third-order valence-electron chi connectivity index (χ3n) is 12.5. The van der Waals surface area contributed by atoms with Crippen LogP contribution in [0.2, 0.25) is 18.1 Å². The van der Waals surface area contributed by atoms with Gasteiger partial charge in [-0.1, -0.05) is 59.7 Å². The second kappa shape index (κ2) is 12.4. The average molecular weight is 673 g/mol. The summed E-state index contributed by atoms with van der Waals surface area (Å²) in [5.41, 5.74) is -5.44. The largest absolute Gasteiger partial charge is 0.493 e. The van der Waals surface area contributed by atoms with E-state index in [-0.39, 0.29) is 30.8 Å². The Morgan fingerprint density at radius 1 is 1.06 bits per heavy atom. The molecular weight excluding hydrogens is 620 g/mol. The lowest BCUT2D eigenvalue weighted by Crippen LogP contribution is -2.81. The second-order valence-corrected chi connectivity index (χ2v) is 19.5. The van der Waals surface area contributed by atoms with E-state index in [1.165, 1.54) is 14.0 Å². The van der Waals surface area contributed by atoms with Gasteiger partial charge in [-0.05, 0) is 42.8 Å². The average Bonchev–Trinajstić information content (AvgIpc) is 3.03. The molecule has 47 heavy (non-hydrogen) atoms. The van der Waals surface area contributed by atoms with Gasteiger partial charge in [0.25, 0.3) is 0 Å². The maximum absolute atomic E-state index is 15.5. The number of esters is 2. The summed E-state index contributed by atoms with van der Waals surface area (Å²) >= 11 is 0. The Bertz CT molecular complexity index is 1410. The van der Waals surface area contributed by atoms with Crippen LogP contribution < -0.4 is 0 Å². The molecule has 9 atom stereocenters. The Labute approximate surface area is 279 Å². The van der Waals surface area contributed by atoms with Crippen LogP contribution in [0.3, 0.4) is 0 Å². The third-order valence-corrected chi connectivity index (χ3v) is 17.1. The monoisotopic (exact) mass is 672 g/mol. The molecule has 2 saturated carbocycles. The van der Waals surface area contributed by atoms with Crippen LogP contribution in [0.1, 0.15) is 78.6 Å². The Hall–Kier alpha value is -2.57. The molecule has 2 bridgehead atoms. The first-order valence-corrected chi connectivity index (χ1v) is 19.5. The summed E-state index contributed by atoms with van der Waals surface area (Å²) in [5.74, 6) is -3.35. The van der Waals surface area contributed by atoms with Crippen molar-refractivity contribution in [2.24, 2.45) is 22.7 Å². The van der Waals surface area contributed by atoms with Gasteiger partial charge < -0.3 is 33.6 Å². The van der Waals surface area contributed by atoms with E-state index in [1.807, 2.05) is 6.92 Å². The Morgan fingerprint density at radius 3 is 2.19 bits per heavy atom. The summed E-state index contributed by atoms with van der Waals surface area (Å²) in [4.78, 5) is 42.4. The van der Waals surface area contributed by atoms with Gasteiger partial charge in [0.2, 0.25) is 5.78 Å². The number of methoxy groups -OCH3 is 1. The molecule has 1 aliphatic heterocycles. The van der Waals surface area contributed by atoms with Crippen molar-refractivity contribution in [2.45, 2.75) is 122 Å². The van der Waals surface area contributed by atoms with Crippen LogP contribution in [-0.4, -0.2) is 85.6 Å². The van der Waals surface area contributed by atoms with Crippen molar-refractivity contribution in [3.8, 4) is 0 Å². The molecule has 0 amide bonds. The zero-order valence-electron chi connectivity index (χ0n) is 29.3. The number of ketones is 1. The minimum atomic E-state index is -2.39. The zero-order chi connectivity index (χ0) is 34.7. The first kappa shape index (κ1) is 35.7. The SMILES string of the molecule is CC[Si](CC)(CC)O[C@H]1C[C@H]2OC[C@@]2(OC(C)=O)[C@H]2[C@H](OC(=O)c3ccccc3)[C@]3(O)C[C@H](O)C(C)C(=C(OC)C(=O)[C@]12C)C3(C)C. The smallest absolute Gasteiger partial charge is 0.338 e. The molecule has 4 aliphatic rings. The lowest BCUT2D eigenvalue weighted by molar-refractivity contribution is -0.344. The van der Waals surface area contributed by atoms with Gasteiger partial charge in [-0.2, -0.15) is 0 Å². The van der Waals surface area contributed by atoms with E-state index in [0.717, 1.165) is 18.1 Å². The van der Waals surface area contributed by atoms with E-state index in [9.17, 15) is 19.8 Å². The summed E-state index contributed by atoms with van der Waals surface area (Å²) in [5, 5.41) is 24.8. The van der Waals surface area contributed by atoms with Gasteiger partial charge in [-0.25, -0.2) is 4.79 Å². The van der Waals surface area contributed by atoms with Crippen molar-refractivity contribution in [3.63, 3.8) is 0 Å². The third kappa shape index (κ3) is 5.14. The fourth-order valence-corrected chi connectivity index (χ4v) is 12.2. The van der Waals surface area contributed by atoms with Gasteiger partial charge in [0.1, 0.15) is 17.8 Å². The lowest BCUT2D eigenvalue weighted by atomic mass is 9.45. The molecule has 0 aromatic heterocycles. The van der Waals surface area contributed by atoms with Crippen LogP contribution in [0.25, 0.3) is 0 Å². The molecule has 3 fully saturated rings. The van der Waals surface area contributed by atoms with E-state index in [0.29, 0.717) is 5.57 Å². The first-order valence-electron chi connectivity index (χ1n) is 17.0. The number of fused-ring (bicyclic) bond motifs is 5. The van der Waals surface area contributed by atoms with Gasteiger partial charge in [-0.3, -0.25) is 9.59 Å². The van der Waals surface area contributed by atoms with E-state index >= 15 is 4.79 Å². The van der Waals surface area contributed by atoms with Crippen molar-refractivity contribution in [3.05, 3.63) is 47.2 Å². The number of rotatable bonds is 9. The van der Waals surface area contributed by atoms with Gasteiger partial charge in [0.05, 0.1) is 42.8 Å². The molecule has 1 aromatic carbocycles. The fraction of sp³-hybridized carbons (Fsp3) is 0.694. The Balaban J connectivity index is 1.87. The highest BCUT2D eigenvalue weighted by atomic mass is 28.4. The number of Topliss-reactive ketones (excluding diaryl/α,β-unsaturated/α-hetero) is 1. The van der Waals surface area contributed by atoms with E-state index < -0.39 is 84.3 Å². The fourth-order valence-electron chi connectivity index (χ4n) is 9.30. The first-order chi connectivity index (χ1) is 22.0. The van der Waals surface area contributed by atoms with E-state index in [4.69, 9.17) is 23.4 Å². The van der Waals surface area contributed by atoms with Crippen molar-refractivity contribution >= 4 is 26.0 Å². The number of carbonyl (C=O) groups is 3. The molecule has 260 valence electrons. The number of aliphatic hydroxyl groups excluding tert-OH is 1. The topological polar surface area (TPSA) is 138 Å². The molecule has 5 rings (SSSR count). The zero-order valence-corrected chi connectivity index (χ0v) is 30.3. The predicted octanol–water partition coefficient (Wildman–Crippen LogP) is 4.97. The number of aliphatic hydroxyl groups is 2. The van der Waals surface area contributed by atoms with Crippen LogP contribution in [0.5, 0.6) is 0 Å². The highest BCUT2D eigenvalue weighted by Crippen LogP contribution is 2.65. The number of carbonyl (C=O) groups excluding carboxylic acids is 3. The molecular formula is C36H52O10Si. The lowest BCUT2D eigenvalue weighted by Gasteiger charge is -2.68. The summed E-state index contributed by atoms with van der Waals surface area (Å²) in [6.45, 7) is 14.7. The van der Waals surface area contributed by atoms with Gasteiger partial charge in [-0.15, -0.1) is 0 Å². The summed E-state index contributed by atoms with van der Waals surface area (Å²) in [7, 11) is -0.967. The second-order valence-electron chi connectivity index (χ2n) is 14.8. The minimum absolute atomic E-state index is 0.0436. The van der Waals surface area contributed by atoms with Crippen molar-refractivity contribution in [1.29, 1.82) is 0 Å². The maximum Gasteiger partial charge on any atom is 0.338 e. The number of ether oxygens (including phenoxy) is 4. The highest BCUT2D eigenvalue weighted by molar-refractivity contribution is 6.73. The van der Waals surface area contributed by atoms with E-state index in [1.54, 1.807) is 51.1 Å². The quantitative estimate of drug-likeness (QED) is 0.273. The number of allylic oxidation sites excluding steroid dienone is 1. The minimum Gasteiger partial charge on any atom is -0.493 e. The van der Waals surface area contributed by atoms with Gasteiger partial charge in [0.15, 0.2) is 19.7 Å². The molecule has 1 aromatic rings. The molecule has 11 heteroatoms. The van der Waals surface area contributed by atoms with Crippen LogP contribution in [0, 0.1) is 22.7 Å². The van der Waals surface area contributed by atoms with E-state index in [2.05, 4.69) is 20.8 Å². The molecule has 10 nitrogen and oxygen atoms in total. The Kier molecular flexibility index (Phi) is 9.42. The number of benzene rings is 1. The van der Waals surface area contributed by atoms with Crippen molar-refractivity contribution in [1.82, 2.24) is 0 Å². The normalized spacial score (nSPS) is 37.8. The van der Waals surface area contributed by atoms with Gasteiger partial charge >= 0.3 is 11.9 Å². The molecule has 0 spiro atoms. The summed E-state index contributed by atoms with van der Waals surface area (Å²) < 4.78 is 32.0. The Morgan fingerprint density at radius 2 is 1.68 bits per heavy atom.